The van der Waals surface area contributed by atoms with Crippen molar-refractivity contribution in [3.8, 4) is 5.75 Å². The van der Waals surface area contributed by atoms with E-state index in [9.17, 15) is 23.4 Å². The molecule has 8 nitrogen and oxygen atoms in total. The van der Waals surface area contributed by atoms with E-state index in [0.29, 0.717) is 0 Å². The van der Waals surface area contributed by atoms with E-state index < -0.39 is 27.4 Å². The Kier molecular flexibility index (Phi) is 3.64. The van der Waals surface area contributed by atoms with Crippen molar-refractivity contribution in [1.29, 1.82) is 0 Å². The van der Waals surface area contributed by atoms with Gasteiger partial charge in [-0.15, -0.1) is 0 Å². The molecule has 1 aromatic heterocycles. The molecule has 3 N–H and O–H groups in total. The molecule has 0 atom stereocenters. The van der Waals surface area contributed by atoms with Crippen molar-refractivity contribution in [2.75, 3.05) is 12.4 Å². The number of fused-ring (bicyclic) bond motifs is 1. The molecule has 0 spiro atoms. The van der Waals surface area contributed by atoms with Crippen LogP contribution in [-0.2, 0) is 14.8 Å². The minimum atomic E-state index is -3.95. The lowest BCUT2D eigenvalue weighted by molar-refractivity contribution is -0.113. The second kappa shape index (κ2) is 5.53. The molecule has 24 heavy (non-hydrogen) atoms. The predicted octanol–water partition coefficient (Wildman–Crippen LogP) is 1.29. The first-order chi connectivity index (χ1) is 11.3. The van der Waals surface area contributed by atoms with Crippen LogP contribution >= 0.6 is 0 Å². The minimum absolute atomic E-state index is 0.0550. The smallest absolute Gasteiger partial charge is 0.277 e. The summed E-state index contributed by atoms with van der Waals surface area (Å²) in [5.41, 5.74) is -0.358. The number of benzene rings is 1. The van der Waals surface area contributed by atoms with Gasteiger partial charge in [0.05, 0.1) is 11.1 Å². The minimum Gasteiger partial charge on any atom is -0.506 e. The number of likely N-dealkylation sites (N-methyl/N-ethyl adjacent to an activating group) is 1. The zero-order chi connectivity index (χ0) is 17.5. The number of rotatable bonds is 2. The van der Waals surface area contributed by atoms with Crippen molar-refractivity contribution in [1.82, 2.24) is 9.29 Å². The number of aliphatic hydroxyl groups is 1. The summed E-state index contributed by atoms with van der Waals surface area (Å²) in [6.07, 6.45) is 1.13. The molecule has 9 heteroatoms. The Morgan fingerprint density at radius 1 is 1.17 bits per heavy atom. The number of amides is 1. The molecule has 2 heterocycles. The molecular weight excluding hydrogens is 334 g/mol. The second-order valence-electron chi connectivity index (χ2n) is 5.02. The molecule has 1 amide bonds. The predicted molar refractivity (Wildman–Crippen MR) is 85.5 cm³/mol. The molecule has 1 aliphatic rings. The SMILES string of the molecule is CN1C(C(=O)Nc2ccc(O)cn2)=C(O)c2ccccc2S1(=O)=O. The van der Waals surface area contributed by atoms with Crippen LogP contribution in [0.4, 0.5) is 5.82 Å². The van der Waals surface area contributed by atoms with Crippen LogP contribution in [0.5, 0.6) is 5.75 Å². The molecule has 0 aliphatic carbocycles. The van der Waals surface area contributed by atoms with Crippen LogP contribution in [0.3, 0.4) is 0 Å². The van der Waals surface area contributed by atoms with Gasteiger partial charge in [-0.3, -0.25) is 9.10 Å². The molecule has 0 saturated carbocycles. The quantitative estimate of drug-likeness (QED) is 0.753. The Morgan fingerprint density at radius 3 is 2.54 bits per heavy atom. The summed E-state index contributed by atoms with van der Waals surface area (Å²) in [4.78, 5) is 16.1. The van der Waals surface area contributed by atoms with Crippen molar-refractivity contribution < 1.29 is 23.4 Å². The highest BCUT2D eigenvalue weighted by Gasteiger charge is 2.37. The Hall–Kier alpha value is -3.07. The van der Waals surface area contributed by atoms with Gasteiger partial charge in [0.2, 0.25) is 0 Å². The third kappa shape index (κ3) is 2.44. The maximum atomic E-state index is 12.5. The number of hydrogen-bond donors (Lipinski definition) is 3. The molecule has 0 bridgehead atoms. The van der Waals surface area contributed by atoms with E-state index in [1.165, 1.54) is 37.4 Å². The lowest BCUT2D eigenvalue weighted by Crippen LogP contribution is -2.37. The fraction of sp³-hybridized carbons (Fsp3) is 0.0667. The monoisotopic (exact) mass is 347 g/mol. The first-order valence-corrected chi connectivity index (χ1v) is 8.24. The summed E-state index contributed by atoms with van der Waals surface area (Å²) in [5.74, 6) is -1.27. The van der Waals surface area contributed by atoms with E-state index >= 15 is 0 Å². The standard InChI is InChI=1S/C15H13N3O5S/c1-18-13(15(21)17-12-7-6-9(19)8-16-12)14(20)10-4-2-3-5-11(10)24(18,22)23/h2-8,19-20H,1H3,(H,16,17,21). The maximum absolute atomic E-state index is 12.5. The van der Waals surface area contributed by atoms with Crippen LogP contribution in [0.2, 0.25) is 0 Å². The van der Waals surface area contributed by atoms with Crippen LogP contribution in [0.1, 0.15) is 5.56 Å². The van der Waals surface area contributed by atoms with Gasteiger partial charge in [-0.2, -0.15) is 0 Å². The van der Waals surface area contributed by atoms with Gasteiger partial charge < -0.3 is 15.5 Å². The van der Waals surface area contributed by atoms with Crippen molar-refractivity contribution >= 4 is 27.5 Å². The molecule has 0 unspecified atom stereocenters. The van der Waals surface area contributed by atoms with E-state index in [2.05, 4.69) is 10.3 Å². The zero-order valence-corrected chi connectivity index (χ0v) is 13.3. The van der Waals surface area contributed by atoms with E-state index in [-0.39, 0.29) is 22.0 Å². The molecule has 2 aromatic rings. The Bertz CT molecular complexity index is 951. The van der Waals surface area contributed by atoms with Crippen LogP contribution in [0, 0.1) is 0 Å². The van der Waals surface area contributed by atoms with Gasteiger partial charge in [-0.1, -0.05) is 12.1 Å². The molecule has 0 fully saturated rings. The van der Waals surface area contributed by atoms with E-state index in [4.69, 9.17) is 0 Å². The summed E-state index contributed by atoms with van der Waals surface area (Å²) in [5, 5.41) is 21.9. The summed E-state index contributed by atoms with van der Waals surface area (Å²) < 4.78 is 25.7. The van der Waals surface area contributed by atoms with Crippen LogP contribution in [0.25, 0.3) is 5.76 Å². The van der Waals surface area contributed by atoms with Gasteiger partial charge in [-0.05, 0) is 24.3 Å². The Labute approximate surface area is 137 Å². The summed E-state index contributed by atoms with van der Waals surface area (Å²) in [6, 6.07) is 8.52. The number of carbonyl (C=O) groups is 1. The lowest BCUT2D eigenvalue weighted by atomic mass is 10.1. The van der Waals surface area contributed by atoms with E-state index in [1.54, 1.807) is 6.07 Å². The van der Waals surface area contributed by atoms with Crippen molar-refractivity contribution in [2.45, 2.75) is 4.90 Å². The van der Waals surface area contributed by atoms with Gasteiger partial charge in [0, 0.05) is 12.6 Å². The van der Waals surface area contributed by atoms with E-state index in [0.717, 1.165) is 10.5 Å². The highest BCUT2D eigenvalue weighted by molar-refractivity contribution is 7.89. The average molecular weight is 347 g/mol. The van der Waals surface area contributed by atoms with E-state index in [1.807, 2.05) is 0 Å². The number of anilines is 1. The van der Waals surface area contributed by atoms with Gasteiger partial charge in [-0.25, -0.2) is 13.4 Å². The summed E-state index contributed by atoms with van der Waals surface area (Å²) in [7, 11) is -2.77. The molecular formula is C15H13N3O5S. The third-order valence-corrected chi connectivity index (χ3v) is 5.34. The van der Waals surface area contributed by atoms with Crippen molar-refractivity contribution in [3.05, 3.63) is 53.9 Å². The first-order valence-electron chi connectivity index (χ1n) is 6.80. The number of pyridine rings is 1. The normalized spacial score (nSPS) is 15.8. The van der Waals surface area contributed by atoms with Crippen molar-refractivity contribution in [3.63, 3.8) is 0 Å². The maximum Gasteiger partial charge on any atom is 0.277 e. The summed E-state index contributed by atoms with van der Waals surface area (Å²) >= 11 is 0. The Morgan fingerprint density at radius 2 is 1.88 bits per heavy atom. The van der Waals surface area contributed by atoms with Crippen LogP contribution in [-0.4, -0.2) is 40.9 Å². The fourth-order valence-corrected chi connectivity index (χ4v) is 3.72. The topological polar surface area (TPSA) is 120 Å². The van der Waals surface area contributed by atoms with Crippen LogP contribution in [0.15, 0.2) is 53.2 Å². The lowest BCUT2D eigenvalue weighted by Gasteiger charge is -2.28. The molecule has 0 radical (unpaired) electrons. The number of carbonyl (C=O) groups excluding carboxylic acids is 1. The average Bonchev–Trinajstić information content (AvgIpc) is 2.56. The number of sulfonamides is 1. The first kappa shape index (κ1) is 15.8. The van der Waals surface area contributed by atoms with Gasteiger partial charge in [0.25, 0.3) is 15.9 Å². The van der Waals surface area contributed by atoms with Gasteiger partial charge in [0.1, 0.15) is 11.6 Å². The summed E-state index contributed by atoms with van der Waals surface area (Å²) in [6.45, 7) is 0. The Balaban J connectivity index is 2.06. The zero-order valence-electron chi connectivity index (χ0n) is 12.5. The number of aromatic nitrogens is 1. The second-order valence-corrected chi connectivity index (χ2v) is 6.96. The number of nitrogens with zero attached hydrogens (tertiary/aromatic N) is 2. The molecule has 0 saturated heterocycles. The number of nitrogens with one attached hydrogen (secondary N) is 1. The highest BCUT2D eigenvalue weighted by Crippen LogP contribution is 2.34. The molecule has 1 aliphatic heterocycles. The highest BCUT2D eigenvalue weighted by atomic mass is 32.2. The van der Waals surface area contributed by atoms with Gasteiger partial charge in [0.15, 0.2) is 11.5 Å². The molecule has 3 rings (SSSR count). The fourth-order valence-electron chi connectivity index (χ4n) is 2.32. The third-order valence-electron chi connectivity index (χ3n) is 3.52. The number of hydrogen-bond acceptors (Lipinski definition) is 6. The number of aliphatic hydroxyl groups excluding tert-OH is 1. The largest absolute Gasteiger partial charge is 0.506 e. The van der Waals surface area contributed by atoms with Crippen molar-refractivity contribution in [2.24, 2.45) is 0 Å². The number of aromatic hydroxyl groups is 1. The molecule has 1 aromatic carbocycles. The van der Waals surface area contributed by atoms with Crippen LogP contribution < -0.4 is 5.32 Å². The molecule has 124 valence electrons. The van der Waals surface area contributed by atoms with Gasteiger partial charge >= 0.3 is 0 Å².